The Morgan fingerprint density at radius 2 is 1.15 bits per heavy atom. The molecule has 6 saturated carbocycles. The first-order chi connectivity index (χ1) is 27.4. The van der Waals surface area contributed by atoms with Crippen LogP contribution in [0.25, 0.3) is 0 Å². The maximum Gasteiger partial charge on any atom is 0.350 e. The van der Waals surface area contributed by atoms with E-state index in [1.54, 1.807) is 48.0 Å². The number of carbonyl (C=O) groups is 5. The van der Waals surface area contributed by atoms with E-state index in [4.69, 9.17) is 28.4 Å². The maximum absolute atomic E-state index is 12.5. The smallest absolute Gasteiger partial charge is 0.350 e. The third-order valence-corrected chi connectivity index (χ3v) is 16.5. The summed E-state index contributed by atoms with van der Waals surface area (Å²) < 4.78 is 38.1. The molecule has 6 bridgehead atoms. The topological polar surface area (TPSA) is 150 Å². The van der Waals surface area contributed by atoms with Crippen LogP contribution in [-0.4, -0.2) is 71.9 Å². The van der Waals surface area contributed by atoms with Crippen molar-refractivity contribution in [1.29, 1.82) is 0 Å². The summed E-state index contributed by atoms with van der Waals surface area (Å²) in [4.78, 5) is 57.8. The quantitative estimate of drug-likeness (QED) is 0.144. The number of rotatable bonds is 6. The molecule has 0 N–H and O–H groups in total. The van der Waals surface area contributed by atoms with Gasteiger partial charge in [-0.3, -0.25) is 19.2 Å². The van der Waals surface area contributed by atoms with Crippen molar-refractivity contribution in [3.8, 4) is 0 Å². The molecule has 4 aliphatic heterocycles. The Labute approximate surface area is 352 Å². The second-order valence-corrected chi connectivity index (χ2v) is 21.5. The Bertz CT molecular complexity index is 1530. The van der Waals surface area contributed by atoms with E-state index in [9.17, 15) is 24.0 Å². The zero-order chi connectivity index (χ0) is 43.6. The van der Waals surface area contributed by atoms with Gasteiger partial charge < -0.3 is 33.2 Å². The van der Waals surface area contributed by atoms with Gasteiger partial charge in [0, 0.05) is 0 Å². The Hall–Kier alpha value is -2.57. The second-order valence-electron chi connectivity index (χ2n) is 21.5. The van der Waals surface area contributed by atoms with Gasteiger partial charge in [0.25, 0.3) is 0 Å². The van der Waals surface area contributed by atoms with Crippen LogP contribution in [0.1, 0.15) is 154 Å². The molecule has 0 amide bonds. The highest BCUT2D eigenvalue weighted by Crippen LogP contribution is 2.60. The first kappa shape index (κ1) is 45.9. The third-order valence-electron chi connectivity index (χ3n) is 16.5. The summed E-state index contributed by atoms with van der Waals surface area (Å²) in [6.45, 7) is 25.5. The summed E-state index contributed by atoms with van der Waals surface area (Å²) in [5.41, 5.74) is -1.17. The molecule has 4 saturated heterocycles. The SMILES string of the molecule is CC1C(=O)OC(=O)C1C.CC1C2CCC(C2)C1C.CCC(C)(C)C(=O)OC1(C)C2CC3CC(C2)CC1C3.CCC(C)(C)C(=O)OC1C(=O)OC2C3OC(C)(C)OC3OC12. The zero-order valence-corrected chi connectivity index (χ0v) is 38.1. The number of hydrogen-bond donors (Lipinski definition) is 0. The van der Waals surface area contributed by atoms with Crippen LogP contribution < -0.4 is 0 Å². The normalized spacial score (nSPS) is 42.9. The van der Waals surface area contributed by atoms with Gasteiger partial charge in [0.1, 0.15) is 11.7 Å². The Balaban J connectivity index is 0.000000142. The molecule has 0 aromatic rings. The molecule has 10 aliphatic rings. The van der Waals surface area contributed by atoms with Crippen LogP contribution in [0.2, 0.25) is 0 Å². The van der Waals surface area contributed by atoms with Crippen LogP contribution >= 0.6 is 0 Å². The lowest BCUT2D eigenvalue weighted by Gasteiger charge is -2.59. The minimum absolute atomic E-state index is 0.0185. The maximum atomic E-state index is 12.5. The van der Waals surface area contributed by atoms with Gasteiger partial charge in [-0.15, -0.1) is 0 Å². The van der Waals surface area contributed by atoms with Crippen LogP contribution in [0.4, 0.5) is 0 Å². The molecule has 11 unspecified atom stereocenters. The van der Waals surface area contributed by atoms with Gasteiger partial charge in [-0.2, -0.15) is 0 Å². The summed E-state index contributed by atoms with van der Waals surface area (Å²) in [6, 6.07) is 0. The highest BCUT2D eigenvalue weighted by atomic mass is 16.9. The zero-order valence-electron chi connectivity index (χ0n) is 38.1. The summed E-state index contributed by atoms with van der Waals surface area (Å²) in [6.07, 6.45) is 9.24. The molecule has 0 aromatic carbocycles. The van der Waals surface area contributed by atoms with E-state index in [0.29, 0.717) is 18.3 Å². The van der Waals surface area contributed by atoms with Crippen molar-refractivity contribution in [3.63, 3.8) is 0 Å². The highest BCUT2D eigenvalue weighted by molar-refractivity contribution is 5.95. The van der Waals surface area contributed by atoms with Gasteiger partial charge in [-0.25, -0.2) is 4.79 Å². The standard InChI is InChI=1S/C17H28O2.C15H22O7.C9H16.C6H8O3/c1-5-16(2,3)15(18)19-17(4)13-7-11-6-12(9-13)10-14(17)8-11;1-6-14(2,3)13(17)20-9-7-8(18-11(9)16)10-12(19-7)22-15(4,5)21-10;1-6-7(2)9-4-3-8(6)5-9;1-3-4(2)6(8)9-5(3)7/h11-14H,5-10H2,1-4H3;7-10,12H,6H2,1-5H3;6-9H,3-5H2,1-2H3;3-4H,1-2H3. The first-order valence-electron chi connectivity index (χ1n) is 22.8. The molecule has 0 radical (unpaired) electrons. The van der Waals surface area contributed by atoms with E-state index in [1.807, 2.05) is 20.8 Å². The number of cyclic esters (lactones) is 2. The number of fused-ring (bicyclic) bond motifs is 5. The molecule has 11 atom stereocenters. The Kier molecular flexibility index (Phi) is 13.2. The molecule has 0 aromatic heterocycles. The van der Waals surface area contributed by atoms with Crippen molar-refractivity contribution in [3.05, 3.63) is 0 Å². The van der Waals surface area contributed by atoms with Crippen molar-refractivity contribution >= 4 is 29.8 Å². The monoisotopic (exact) mass is 831 g/mol. The molecule has 334 valence electrons. The Morgan fingerprint density at radius 1 is 0.661 bits per heavy atom. The minimum atomic E-state index is -1.07. The molecular formula is C47H74O12. The van der Waals surface area contributed by atoms with Crippen molar-refractivity contribution in [2.45, 2.75) is 196 Å². The molecule has 12 nitrogen and oxygen atoms in total. The van der Waals surface area contributed by atoms with Crippen molar-refractivity contribution in [2.75, 3.05) is 0 Å². The van der Waals surface area contributed by atoms with Crippen molar-refractivity contribution < 1.29 is 57.1 Å². The lowest BCUT2D eigenvalue weighted by Crippen LogP contribution is -2.58. The molecular weight excluding hydrogens is 757 g/mol. The molecule has 10 fully saturated rings. The predicted octanol–water partition coefficient (Wildman–Crippen LogP) is 8.35. The number of ether oxygens (including phenoxy) is 7. The van der Waals surface area contributed by atoms with E-state index in [-0.39, 0.29) is 28.8 Å². The van der Waals surface area contributed by atoms with Crippen molar-refractivity contribution in [2.24, 2.45) is 70.0 Å². The van der Waals surface area contributed by atoms with Crippen molar-refractivity contribution in [1.82, 2.24) is 0 Å². The third kappa shape index (κ3) is 9.16. The van der Waals surface area contributed by atoms with Gasteiger partial charge in [0.15, 0.2) is 24.3 Å². The predicted molar refractivity (Wildman–Crippen MR) is 217 cm³/mol. The van der Waals surface area contributed by atoms with E-state index in [0.717, 1.165) is 41.9 Å². The Morgan fingerprint density at radius 3 is 1.58 bits per heavy atom. The molecule has 4 heterocycles. The van der Waals surface area contributed by atoms with Gasteiger partial charge in [0.05, 0.1) is 22.7 Å². The van der Waals surface area contributed by atoms with E-state index >= 15 is 0 Å². The minimum Gasteiger partial charge on any atom is -0.458 e. The largest absolute Gasteiger partial charge is 0.458 e. The lowest BCUT2D eigenvalue weighted by molar-refractivity contribution is -0.217. The van der Waals surface area contributed by atoms with Gasteiger partial charge in [-0.05, 0) is 160 Å². The molecule has 6 aliphatic carbocycles. The lowest BCUT2D eigenvalue weighted by atomic mass is 9.50. The summed E-state index contributed by atoms with van der Waals surface area (Å²) >= 11 is 0. The average Bonchev–Trinajstić information content (AvgIpc) is 4.00. The molecule has 10 rings (SSSR count). The fraction of sp³-hybridized carbons (Fsp3) is 0.894. The highest BCUT2D eigenvalue weighted by Gasteiger charge is 2.64. The fourth-order valence-corrected chi connectivity index (χ4v) is 11.1. The van der Waals surface area contributed by atoms with Gasteiger partial charge >= 0.3 is 29.8 Å². The average molecular weight is 831 g/mol. The molecule has 59 heavy (non-hydrogen) atoms. The fourth-order valence-electron chi connectivity index (χ4n) is 11.1. The van der Waals surface area contributed by atoms with Gasteiger partial charge in [0.2, 0.25) is 6.10 Å². The van der Waals surface area contributed by atoms with Crippen LogP contribution in [0.15, 0.2) is 0 Å². The van der Waals surface area contributed by atoms with Crippen LogP contribution in [0.5, 0.6) is 0 Å². The summed E-state index contributed by atoms with van der Waals surface area (Å²) in [5, 5.41) is 0. The van der Waals surface area contributed by atoms with E-state index < -0.39 is 65.8 Å². The second kappa shape index (κ2) is 16.9. The molecule has 12 heteroatoms. The van der Waals surface area contributed by atoms with E-state index in [1.165, 1.54) is 44.9 Å². The van der Waals surface area contributed by atoms with Gasteiger partial charge in [-0.1, -0.05) is 41.5 Å². The number of esters is 5. The number of hydrogen-bond acceptors (Lipinski definition) is 12. The first-order valence-corrected chi connectivity index (χ1v) is 22.8. The summed E-state index contributed by atoms with van der Waals surface area (Å²) in [7, 11) is 0. The van der Waals surface area contributed by atoms with E-state index in [2.05, 4.69) is 32.4 Å². The van der Waals surface area contributed by atoms with Crippen LogP contribution in [-0.2, 0) is 57.1 Å². The van der Waals surface area contributed by atoms with Crippen LogP contribution in [0, 0.1) is 70.0 Å². The summed E-state index contributed by atoms with van der Waals surface area (Å²) in [5.74, 6) is 4.32. The number of carbonyl (C=O) groups excluding carboxylic acids is 5. The van der Waals surface area contributed by atoms with Crippen LogP contribution in [0.3, 0.4) is 0 Å². The molecule has 0 spiro atoms.